The van der Waals surface area contributed by atoms with Gasteiger partial charge in [0.2, 0.25) is 0 Å². The van der Waals surface area contributed by atoms with Crippen molar-refractivity contribution in [2.45, 2.75) is 26.3 Å². The minimum Gasteiger partial charge on any atom is -0.544 e. The number of rotatable bonds is 8. The Balaban J connectivity index is 2.43. The maximum Gasteiger partial charge on any atom is 0.168 e. The van der Waals surface area contributed by atoms with Crippen molar-refractivity contribution in [2.75, 3.05) is 13.2 Å². The molecule has 104 valence electrons. The fourth-order valence-electron chi connectivity index (χ4n) is 1.61. The Kier molecular flexibility index (Phi) is 6.02. The average Bonchev–Trinajstić information content (AvgIpc) is 2.39. The Bertz CT molecular complexity index is 428. The van der Waals surface area contributed by atoms with Gasteiger partial charge < -0.3 is 20.0 Å². The van der Waals surface area contributed by atoms with Gasteiger partial charge in [-0.15, -0.1) is 0 Å². The number of ketones is 1. The highest BCUT2D eigenvalue weighted by Crippen LogP contribution is 2.13. The molecular formula is C14H19NO4. The zero-order valence-electron chi connectivity index (χ0n) is 11.2. The number of aliphatic carboxylic acids is 1. The van der Waals surface area contributed by atoms with Gasteiger partial charge in [-0.05, 0) is 38.1 Å². The third-order valence-electron chi connectivity index (χ3n) is 2.75. The van der Waals surface area contributed by atoms with Crippen LogP contribution in [0.3, 0.4) is 0 Å². The summed E-state index contributed by atoms with van der Waals surface area (Å²) in [5, 5.41) is 12.1. The van der Waals surface area contributed by atoms with Crippen molar-refractivity contribution in [3.8, 4) is 5.75 Å². The van der Waals surface area contributed by atoms with E-state index in [1.165, 1.54) is 6.92 Å². The predicted molar refractivity (Wildman–Crippen MR) is 67.8 cm³/mol. The van der Waals surface area contributed by atoms with Crippen molar-refractivity contribution in [3.05, 3.63) is 29.8 Å². The van der Waals surface area contributed by atoms with Crippen LogP contribution in [0.25, 0.3) is 0 Å². The maximum atomic E-state index is 11.8. The smallest absolute Gasteiger partial charge is 0.168 e. The number of quaternary nitrogens is 1. The largest absolute Gasteiger partial charge is 0.544 e. The second kappa shape index (κ2) is 7.53. The molecule has 1 aromatic rings. The lowest BCUT2D eigenvalue weighted by atomic mass is 10.1. The van der Waals surface area contributed by atoms with E-state index in [1.807, 2.05) is 6.92 Å². The molecule has 2 N–H and O–H groups in total. The van der Waals surface area contributed by atoms with Crippen LogP contribution in [0.5, 0.6) is 5.75 Å². The molecule has 0 unspecified atom stereocenters. The summed E-state index contributed by atoms with van der Waals surface area (Å²) in [5.74, 6) is -0.394. The first-order valence-corrected chi connectivity index (χ1v) is 6.34. The number of carbonyl (C=O) groups excluding carboxylic acids is 2. The van der Waals surface area contributed by atoms with Crippen LogP contribution in [-0.2, 0) is 4.79 Å². The zero-order valence-corrected chi connectivity index (χ0v) is 11.2. The molecule has 0 spiro atoms. The number of Topliss-reactive ketones (excluding diaryl/α,β-unsaturated/α-hetero) is 1. The lowest BCUT2D eigenvalue weighted by molar-refractivity contribution is -0.679. The van der Waals surface area contributed by atoms with Crippen molar-refractivity contribution in [3.63, 3.8) is 0 Å². The molecule has 0 aliphatic rings. The number of hydrogen-bond acceptors (Lipinski definition) is 4. The predicted octanol–water partition coefficient (Wildman–Crippen LogP) is -0.640. The molecule has 19 heavy (non-hydrogen) atoms. The molecule has 5 heteroatoms. The molecule has 0 saturated carbocycles. The van der Waals surface area contributed by atoms with Gasteiger partial charge in [-0.3, -0.25) is 4.79 Å². The van der Waals surface area contributed by atoms with Crippen LogP contribution in [0.2, 0.25) is 0 Å². The lowest BCUT2D eigenvalue weighted by Crippen LogP contribution is -2.92. The summed E-state index contributed by atoms with van der Waals surface area (Å²) >= 11 is 0. The van der Waals surface area contributed by atoms with Crippen LogP contribution in [0.15, 0.2) is 24.3 Å². The van der Waals surface area contributed by atoms with Gasteiger partial charge >= 0.3 is 0 Å². The van der Waals surface area contributed by atoms with Crippen molar-refractivity contribution in [2.24, 2.45) is 0 Å². The van der Waals surface area contributed by atoms with E-state index in [4.69, 9.17) is 4.74 Å². The highest BCUT2D eigenvalue weighted by Gasteiger charge is 2.10. The van der Waals surface area contributed by atoms with E-state index in [0.29, 0.717) is 25.1 Å². The Morgan fingerprint density at radius 3 is 2.47 bits per heavy atom. The minimum absolute atomic E-state index is 0.00940. The summed E-state index contributed by atoms with van der Waals surface area (Å²) < 4.78 is 5.29. The lowest BCUT2D eigenvalue weighted by Gasteiger charge is -2.10. The molecular weight excluding hydrogens is 246 g/mol. The Morgan fingerprint density at radius 1 is 1.32 bits per heavy atom. The molecule has 0 fully saturated rings. The molecule has 1 atom stereocenters. The molecule has 0 aliphatic heterocycles. The highest BCUT2D eigenvalue weighted by molar-refractivity contribution is 5.96. The topological polar surface area (TPSA) is 83.0 Å². The summed E-state index contributed by atoms with van der Waals surface area (Å²) in [4.78, 5) is 22.3. The normalized spacial score (nSPS) is 11.9. The number of carbonyl (C=O) groups is 2. The summed E-state index contributed by atoms with van der Waals surface area (Å²) in [7, 11) is 0. The van der Waals surface area contributed by atoms with Crippen LogP contribution in [0, 0.1) is 0 Å². The fourth-order valence-corrected chi connectivity index (χ4v) is 1.61. The van der Waals surface area contributed by atoms with E-state index in [9.17, 15) is 14.7 Å². The number of carboxylic acids is 1. The van der Waals surface area contributed by atoms with Gasteiger partial charge in [0.05, 0.1) is 25.5 Å². The van der Waals surface area contributed by atoms with Crippen LogP contribution >= 0.6 is 0 Å². The molecule has 1 aromatic carbocycles. The summed E-state index contributed by atoms with van der Waals surface area (Å²) in [6, 6.07) is 6.31. The molecule has 0 saturated heterocycles. The molecule has 0 heterocycles. The van der Waals surface area contributed by atoms with E-state index < -0.39 is 12.0 Å². The first-order chi connectivity index (χ1) is 9.04. The number of ether oxygens (including phenoxy) is 1. The molecule has 0 bridgehead atoms. The second-order valence-corrected chi connectivity index (χ2v) is 4.26. The zero-order chi connectivity index (χ0) is 14.3. The highest BCUT2D eigenvalue weighted by atomic mass is 16.5. The van der Waals surface area contributed by atoms with E-state index >= 15 is 0 Å². The summed E-state index contributed by atoms with van der Waals surface area (Å²) in [6.07, 6.45) is 0.297. The number of nitrogens with two attached hydrogens (primary N) is 1. The Labute approximate surface area is 112 Å². The quantitative estimate of drug-likeness (QED) is 0.634. The van der Waals surface area contributed by atoms with Gasteiger partial charge in [0.25, 0.3) is 0 Å². The van der Waals surface area contributed by atoms with E-state index in [-0.39, 0.29) is 5.78 Å². The number of hydrogen-bond donors (Lipinski definition) is 1. The number of carboxylic acid groups (broad SMARTS) is 1. The van der Waals surface area contributed by atoms with Crippen LogP contribution < -0.4 is 15.2 Å². The van der Waals surface area contributed by atoms with E-state index in [0.717, 1.165) is 5.75 Å². The van der Waals surface area contributed by atoms with Gasteiger partial charge in [0, 0.05) is 5.56 Å². The third kappa shape index (κ3) is 5.09. The van der Waals surface area contributed by atoms with Gasteiger partial charge in [-0.2, -0.15) is 0 Å². The van der Waals surface area contributed by atoms with Crippen LogP contribution in [0.4, 0.5) is 0 Å². The standard InChI is InChI=1S/C14H19NO4/c1-3-19-12-6-4-11(5-7-12)13(16)8-9-15-10(2)14(17)18/h4-7,10,15H,3,8-9H2,1-2H3,(H,17,18)/t10-/m0/s1. The van der Waals surface area contributed by atoms with Crippen molar-refractivity contribution >= 4 is 11.8 Å². The number of benzene rings is 1. The van der Waals surface area contributed by atoms with Gasteiger partial charge in [-0.1, -0.05) is 0 Å². The SMILES string of the molecule is CCOc1ccc(C(=O)CC[NH2+][C@@H](C)C(=O)[O-])cc1. The molecule has 0 amide bonds. The molecule has 1 rings (SSSR count). The van der Waals surface area contributed by atoms with Crippen molar-refractivity contribution < 1.29 is 24.7 Å². The summed E-state index contributed by atoms with van der Waals surface area (Å²) in [6.45, 7) is 4.45. The molecule has 0 radical (unpaired) electrons. The maximum absolute atomic E-state index is 11.8. The third-order valence-corrected chi connectivity index (χ3v) is 2.75. The van der Waals surface area contributed by atoms with Crippen LogP contribution in [-0.4, -0.2) is 30.9 Å². The van der Waals surface area contributed by atoms with Crippen LogP contribution in [0.1, 0.15) is 30.6 Å². The van der Waals surface area contributed by atoms with Gasteiger partial charge in [-0.25, -0.2) is 0 Å². The second-order valence-electron chi connectivity index (χ2n) is 4.26. The Hall–Kier alpha value is -1.88. The molecule has 0 aliphatic carbocycles. The van der Waals surface area contributed by atoms with E-state index in [1.54, 1.807) is 29.6 Å². The molecule has 0 aromatic heterocycles. The fraction of sp³-hybridized carbons (Fsp3) is 0.429. The molecule has 5 nitrogen and oxygen atoms in total. The van der Waals surface area contributed by atoms with Gasteiger partial charge in [0.15, 0.2) is 5.78 Å². The van der Waals surface area contributed by atoms with Gasteiger partial charge in [0.1, 0.15) is 11.8 Å². The first-order valence-electron chi connectivity index (χ1n) is 6.34. The van der Waals surface area contributed by atoms with Crippen molar-refractivity contribution in [1.82, 2.24) is 0 Å². The minimum atomic E-state index is -1.12. The average molecular weight is 265 g/mol. The summed E-state index contributed by atoms with van der Waals surface area (Å²) in [5.41, 5.74) is 0.609. The monoisotopic (exact) mass is 265 g/mol. The first kappa shape index (κ1) is 15.2. The van der Waals surface area contributed by atoms with E-state index in [2.05, 4.69) is 0 Å². The Morgan fingerprint density at radius 2 is 1.95 bits per heavy atom. The van der Waals surface area contributed by atoms with Crippen molar-refractivity contribution in [1.29, 1.82) is 0 Å².